The van der Waals surface area contributed by atoms with Crippen LogP contribution in [0, 0.1) is 5.92 Å². The van der Waals surface area contributed by atoms with Crippen molar-refractivity contribution in [1.82, 2.24) is 10.2 Å². The maximum absolute atomic E-state index is 14.2. The molecule has 0 spiro atoms. The second-order valence-corrected chi connectivity index (χ2v) is 18.5. The summed E-state index contributed by atoms with van der Waals surface area (Å²) < 4.78 is 29.5. The Bertz CT molecular complexity index is 1750. The topological polar surface area (TPSA) is 174 Å². The van der Waals surface area contributed by atoms with Gasteiger partial charge in [-0.1, -0.05) is 63.9 Å². The van der Waals surface area contributed by atoms with Crippen molar-refractivity contribution in [3.05, 3.63) is 46.5 Å². The lowest BCUT2D eigenvalue weighted by molar-refractivity contribution is -0.187. The third-order valence-electron chi connectivity index (χ3n) is 11.2. The number of likely N-dealkylation sites (N-methyl/N-ethyl adjacent to an activating group) is 1. The number of hydrogen-bond donors (Lipinski definition) is 2. The molecule has 1 aromatic rings. The van der Waals surface area contributed by atoms with E-state index >= 15 is 0 Å². The first-order chi connectivity index (χ1) is 27.4. The number of esters is 2. The van der Waals surface area contributed by atoms with Crippen molar-refractivity contribution in [3.63, 3.8) is 0 Å². The standard InChI is InChI=1S/C41H58ClN3O11S2/c1-24-12-10-13-31(53-9)41(51)22-30(54-36(49)23-41)25(2)38-40(4,56-38)32(21-35(48)45(7)28-19-27(18-24)20-29(52-8)37(28)42)55-39(50)26(3)44(6)34(47)15-17-58-57-16-11-14-33(46)43-5/h10,12-13,19-20,25-26,30-32,38,51H,11,14-18,21-23H2,1-9H3,(H,43,46)/b13-10+,24-12+/t25-,26+,30+,31-,32+,38+,40+,41-/m1/s1. The lowest BCUT2D eigenvalue weighted by atomic mass is 9.78. The van der Waals surface area contributed by atoms with Gasteiger partial charge in [0.2, 0.25) is 17.7 Å². The highest BCUT2D eigenvalue weighted by Gasteiger charge is 2.64. The lowest BCUT2D eigenvalue weighted by Gasteiger charge is -2.41. The highest BCUT2D eigenvalue weighted by molar-refractivity contribution is 8.76. The van der Waals surface area contributed by atoms with Gasteiger partial charge in [0.25, 0.3) is 0 Å². The Morgan fingerprint density at radius 3 is 2.55 bits per heavy atom. The number of amides is 3. The van der Waals surface area contributed by atoms with Gasteiger partial charge in [-0.25, -0.2) is 4.79 Å². The van der Waals surface area contributed by atoms with E-state index in [-0.39, 0.29) is 42.5 Å². The van der Waals surface area contributed by atoms with E-state index in [0.717, 1.165) is 23.3 Å². The summed E-state index contributed by atoms with van der Waals surface area (Å²) in [6.07, 6.45) is 3.22. The molecule has 8 atom stereocenters. The highest BCUT2D eigenvalue weighted by Crippen LogP contribution is 2.50. The monoisotopic (exact) mass is 867 g/mol. The van der Waals surface area contributed by atoms with E-state index in [1.54, 1.807) is 63.0 Å². The Balaban J connectivity index is 1.61. The predicted octanol–water partition coefficient (Wildman–Crippen LogP) is 5.06. The first-order valence-electron chi connectivity index (χ1n) is 19.4. The van der Waals surface area contributed by atoms with Crippen LogP contribution in [-0.2, 0) is 49.3 Å². The first-order valence-corrected chi connectivity index (χ1v) is 22.3. The summed E-state index contributed by atoms with van der Waals surface area (Å²) in [5.41, 5.74) is -0.659. The number of methoxy groups -OCH3 is 2. The van der Waals surface area contributed by atoms with Crippen molar-refractivity contribution in [3.8, 4) is 5.75 Å². The third kappa shape index (κ3) is 11.7. The normalized spacial score (nSPS) is 29.5. The van der Waals surface area contributed by atoms with Gasteiger partial charge in [-0.05, 0) is 51.3 Å². The number of anilines is 1. The van der Waals surface area contributed by atoms with Gasteiger partial charge in [-0.2, -0.15) is 0 Å². The van der Waals surface area contributed by atoms with E-state index in [1.165, 1.54) is 41.9 Å². The van der Waals surface area contributed by atoms with Gasteiger partial charge in [0, 0.05) is 64.9 Å². The molecular formula is C41H58ClN3O11S2. The molecule has 2 fully saturated rings. The van der Waals surface area contributed by atoms with Gasteiger partial charge in [0.15, 0.2) is 0 Å². The molecule has 3 aliphatic rings. The third-order valence-corrected chi connectivity index (χ3v) is 14.0. The van der Waals surface area contributed by atoms with Crippen molar-refractivity contribution in [1.29, 1.82) is 0 Å². The molecule has 0 unspecified atom stereocenters. The lowest BCUT2D eigenvalue weighted by Crippen LogP contribution is -2.53. The van der Waals surface area contributed by atoms with Gasteiger partial charge in [0.05, 0.1) is 31.7 Å². The maximum Gasteiger partial charge on any atom is 0.328 e. The Kier molecular flexibility index (Phi) is 17.0. The van der Waals surface area contributed by atoms with Crippen LogP contribution in [0.1, 0.15) is 71.8 Å². The van der Waals surface area contributed by atoms with Crippen LogP contribution in [0.25, 0.3) is 0 Å². The molecule has 4 bridgehead atoms. The molecule has 0 aromatic heterocycles. The minimum Gasteiger partial charge on any atom is -0.495 e. The van der Waals surface area contributed by atoms with Crippen molar-refractivity contribution in [2.45, 2.75) is 114 Å². The van der Waals surface area contributed by atoms with Crippen LogP contribution in [0.15, 0.2) is 35.9 Å². The number of allylic oxidation sites excluding steroid dienone is 3. The number of nitrogens with zero attached hydrogens (tertiary/aromatic N) is 2. The summed E-state index contributed by atoms with van der Waals surface area (Å²) in [6.45, 7) is 7.05. The number of carbonyl (C=O) groups excluding carboxylic acids is 5. The maximum atomic E-state index is 14.2. The number of fused-ring (bicyclic) bond motifs is 5. The molecule has 3 aliphatic heterocycles. The molecule has 0 saturated carbocycles. The minimum atomic E-state index is -1.59. The molecule has 58 heavy (non-hydrogen) atoms. The van der Waals surface area contributed by atoms with Crippen LogP contribution in [-0.4, -0.2) is 128 Å². The molecule has 3 amide bonds. The zero-order valence-corrected chi connectivity index (χ0v) is 37.2. The smallest absolute Gasteiger partial charge is 0.328 e. The number of ether oxygens (including phenoxy) is 5. The number of rotatable bonds is 13. The van der Waals surface area contributed by atoms with Gasteiger partial charge >= 0.3 is 11.9 Å². The zero-order valence-electron chi connectivity index (χ0n) is 34.8. The van der Waals surface area contributed by atoms with Gasteiger partial charge in [-0.3, -0.25) is 19.2 Å². The molecule has 14 nitrogen and oxygen atoms in total. The van der Waals surface area contributed by atoms with Crippen LogP contribution >= 0.6 is 33.2 Å². The van der Waals surface area contributed by atoms with Crippen LogP contribution in [0.2, 0.25) is 5.02 Å². The van der Waals surface area contributed by atoms with Crippen molar-refractivity contribution in [2.24, 2.45) is 5.92 Å². The number of nitrogens with one attached hydrogen (secondary N) is 1. The number of benzene rings is 1. The number of epoxide rings is 1. The number of hydrogen-bond acceptors (Lipinski definition) is 13. The predicted molar refractivity (Wildman–Crippen MR) is 225 cm³/mol. The van der Waals surface area contributed by atoms with Gasteiger partial charge in [0.1, 0.15) is 46.3 Å². The molecule has 2 N–H and O–H groups in total. The zero-order chi connectivity index (χ0) is 42.9. The number of aliphatic hydroxyl groups is 1. The van der Waals surface area contributed by atoms with Crippen LogP contribution < -0.4 is 15.0 Å². The first kappa shape index (κ1) is 47.4. The Morgan fingerprint density at radius 1 is 1.17 bits per heavy atom. The largest absolute Gasteiger partial charge is 0.495 e. The number of carbonyl (C=O) groups is 5. The number of halogens is 1. The molecule has 4 rings (SSSR count). The van der Waals surface area contributed by atoms with Crippen LogP contribution in [0.5, 0.6) is 5.75 Å². The molecule has 0 radical (unpaired) electrons. The second-order valence-electron chi connectivity index (χ2n) is 15.4. The van der Waals surface area contributed by atoms with E-state index in [1.807, 2.05) is 19.9 Å². The van der Waals surface area contributed by atoms with Crippen molar-refractivity contribution in [2.75, 3.05) is 51.8 Å². The molecule has 0 aliphatic carbocycles. The van der Waals surface area contributed by atoms with Crippen molar-refractivity contribution < 1.29 is 52.8 Å². The molecule has 2 saturated heterocycles. The minimum absolute atomic E-state index is 0.0141. The van der Waals surface area contributed by atoms with Gasteiger partial charge < -0.3 is 43.9 Å². The van der Waals surface area contributed by atoms with Crippen molar-refractivity contribution >= 4 is 68.5 Å². The fraction of sp³-hybridized carbons (Fsp3) is 0.634. The highest BCUT2D eigenvalue weighted by atomic mass is 35.5. The van der Waals surface area contributed by atoms with E-state index in [9.17, 15) is 29.1 Å². The Hall–Kier alpha value is -3.28. The Morgan fingerprint density at radius 2 is 1.88 bits per heavy atom. The second kappa shape index (κ2) is 20.8. The summed E-state index contributed by atoms with van der Waals surface area (Å²) >= 11 is 6.78. The summed E-state index contributed by atoms with van der Waals surface area (Å²) in [5.74, 6) is -0.888. The Labute approximate surface area is 354 Å². The van der Waals surface area contributed by atoms with Gasteiger partial charge in [-0.15, -0.1) is 0 Å². The van der Waals surface area contributed by atoms with Crippen LogP contribution in [0.3, 0.4) is 0 Å². The molecule has 1 aromatic carbocycles. The molecule has 3 heterocycles. The van der Waals surface area contributed by atoms with Crippen LogP contribution in [0.4, 0.5) is 5.69 Å². The summed E-state index contributed by atoms with van der Waals surface area (Å²) in [7, 11) is 10.8. The average molecular weight is 869 g/mol. The fourth-order valence-corrected chi connectivity index (χ4v) is 9.69. The summed E-state index contributed by atoms with van der Waals surface area (Å²) in [6, 6.07) is 2.60. The quantitative estimate of drug-likeness (QED) is 0.117. The fourth-order valence-electron chi connectivity index (χ4n) is 7.31. The van der Waals surface area contributed by atoms with E-state index < -0.39 is 65.4 Å². The molecule has 17 heteroatoms. The average Bonchev–Trinajstić information content (AvgIpc) is 3.89. The molecular weight excluding hydrogens is 810 g/mol. The molecule has 322 valence electrons. The summed E-state index contributed by atoms with van der Waals surface area (Å²) in [4.78, 5) is 68.4. The summed E-state index contributed by atoms with van der Waals surface area (Å²) in [5, 5.41) is 14.7. The SMILES string of the molecule is CNC(=O)CCCSSCCC(=O)N(C)[C@@H](C)C(=O)O[C@H]1CC(=O)N(C)c2cc(cc(OC)c2Cl)C/C(C)=C/C=C/[C@@H](OC)[C@]2(O)CC(=O)O[C@@H](C2)[C@@H](C)[C@@H]2O[C@@]12C. The van der Waals surface area contributed by atoms with E-state index in [0.29, 0.717) is 30.0 Å². The van der Waals surface area contributed by atoms with E-state index in [2.05, 4.69) is 5.32 Å². The van der Waals surface area contributed by atoms with E-state index in [4.69, 9.17) is 35.3 Å².